The molecule has 3 aromatic rings. The van der Waals surface area contributed by atoms with Crippen molar-refractivity contribution < 1.29 is 29.9 Å². The molecule has 0 aromatic carbocycles. The van der Waals surface area contributed by atoms with Gasteiger partial charge in [-0.15, -0.1) is 0 Å². The van der Waals surface area contributed by atoms with Gasteiger partial charge in [0.05, 0.1) is 29.4 Å². The van der Waals surface area contributed by atoms with Gasteiger partial charge in [0.15, 0.2) is 6.29 Å². The summed E-state index contributed by atoms with van der Waals surface area (Å²) in [7, 11) is 0. The topological polar surface area (TPSA) is 157 Å². The Kier molecular flexibility index (Phi) is 11.5. The summed E-state index contributed by atoms with van der Waals surface area (Å²) in [6, 6.07) is 8.78. The van der Waals surface area contributed by atoms with Crippen molar-refractivity contribution in [2.45, 2.75) is 149 Å². The second-order valence-corrected chi connectivity index (χ2v) is 14.4. The van der Waals surface area contributed by atoms with E-state index in [1.807, 2.05) is 0 Å². The van der Waals surface area contributed by atoms with Crippen LogP contribution in [0.5, 0.6) is 0 Å². The second kappa shape index (κ2) is 15.5. The maximum Gasteiger partial charge on any atom is 0.184 e. The highest BCUT2D eigenvalue weighted by atomic mass is 16.6. The fourth-order valence-corrected chi connectivity index (χ4v) is 9.01. The summed E-state index contributed by atoms with van der Waals surface area (Å²) in [5, 5.41) is 41.6. The summed E-state index contributed by atoms with van der Waals surface area (Å²) in [6.45, 7) is 17.4. The molecular formula is C42H58N4O6. The van der Waals surface area contributed by atoms with Crippen LogP contribution in [0.15, 0.2) is 24.3 Å². The number of ether oxygens (including phenoxy) is 2. The van der Waals surface area contributed by atoms with Gasteiger partial charge in [0.25, 0.3) is 0 Å². The van der Waals surface area contributed by atoms with E-state index >= 15 is 0 Å². The van der Waals surface area contributed by atoms with Gasteiger partial charge in [-0.25, -0.2) is 4.98 Å². The van der Waals surface area contributed by atoms with Crippen LogP contribution in [-0.4, -0.2) is 77.7 Å². The third-order valence-corrected chi connectivity index (χ3v) is 12.0. The number of fused-ring (bicyclic) bond motifs is 8. The lowest BCUT2D eigenvalue weighted by Crippen LogP contribution is -2.58. The Morgan fingerprint density at radius 2 is 1.10 bits per heavy atom. The summed E-state index contributed by atoms with van der Waals surface area (Å²) in [5.41, 5.74) is 14.9. The first-order valence-corrected chi connectivity index (χ1v) is 19.5. The molecule has 0 amide bonds. The molecule has 0 saturated carbocycles. The van der Waals surface area contributed by atoms with Crippen molar-refractivity contribution >= 4 is 33.2 Å². The molecular weight excluding hydrogens is 656 g/mol. The maximum absolute atomic E-state index is 10.8. The standard InChI is InChI=1S/C42H58N4O6/c1-9-22-23(10-2)29-18-31-26(13-5)27(14-6)33(45-31)20-36-42(15-7,16-8)40(51-21-35-37(47)38(48)39(49)41(50)52-35)34(46-36)19-32-25(12-4)24(11-3)30(44-32)17-28(22)43-29/h17-20,35,37-41,44-45,47-50H,9-16,21H2,1-8H3/t35-,37-,38+,39-,40?,41?/m1/s1. The molecule has 0 aliphatic carbocycles. The van der Waals surface area contributed by atoms with E-state index in [1.165, 1.54) is 33.4 Å². The molecule has 282 valence electrons. The van der Waals surface area contributed by atoms with Crippen LogP contribution in [0.3, 0.4) is 0 Å². The number of aromatic amines is 2. The Labute approximate surface area is 307 Å². The summed E-state index contributed by atoms with van der Waals surface area (Å²) < 4.78 is 12.3. The molecule has 3 aliphatic rings. The Bertz CT molecular complexity index is 1970. The van der Waals surface area contributed by atoms with E-state index in [9.17, 15) is 20.4 Å². The number of nitrogens with zero attached hydrogens (tertiary/aromatic N) is 2. The lowest BCUT2D eigenvalue weighted by Gasteiger charge is -2.40. The molecule has 3 aromatic heterocycles. The van der Waals surface area contributed by atoms with E-state index in [-0.39, 0.29) is 6.61 Å². The molecule has 3 aliphatic heterocycles. The Morgan fingerprint density at radius 1 is 0.615 bits per heavy atom. The van der Waals surface area contributed by atoms with Crippen molar-refractivity contribution in [3.63, 3.8) is 0 Å². The number of aliphatic hydroxyl groups is 4. The van der Waals surface area contributed by atoms with Gasteiger partial charge in [-0.1, -0.05) is 55.4 Å². The van der Waals surface area contributed by atoms with Gasteiger partial charge in [0.1, 0.15) is 30.5 Å². The van der Waals surface area contributed by atoms with Gasteiger partial charge in [0.2, 0.25) is 0 Å². The minimum Gasteiger partial charge on any atom is -0.387 e. The molecule has 6 rings (SSSR count). The van der Waals surface area contributed by atoms with Crippen molar-refractivity contribution in [3.05, 3.63) is 69.3 Å². The third kappa shape index (κ3) is 6.35. The number of nitrogens with one attached hydrogen (secondary N) is 2. The van der Waals surface area contributed by atoms with Crippen LogP contribution in [-0.2, 0) is 40.6 Å². The zero-order chi connectivity index (χ0) is 37.5. The fourth-order valence-electron chi connectivity index (χ4n) is 9.01. The Balaban J connectivity index is 1.68. The quantitative estimate of drug-likeness (QED) is 0.125. The molecule has 0 spiro atoms. The van der Waals surface area contributed by atoms with Crippen molar-refractivity contribution in [2.24, 2.45) is 0 Å². The van der Waals surface area contributed by atoms with Crippen molar-refractivity contribution in [3.8, 4) is 0 Å². The van der Waals surface area contributed by atoms with Crippen LogP contribution < -0.4 is 0 Å². The molecule has 52 heavy (non-hydrogen) atoms. The minimum atomic E-state index is -1.64. The molecule has 10 heteroatoms. The van der Waals surface area contributed by atoms with Gasteiger partial charge >= 0.3 is 0 Å². The van der Waals surface area contributed by atoms with Crippen LogP contribution in [0.25, 0.3) is 33.2 Å². The average molecular weight is 715 g/mol. The van der Waals surface area contributed by atoms with Crippen LogP contribution in [0.2, 0.25) is 0 Å². The van der Waals surface area contributed by atoms with E-state index in [0.717, 1.165) is 96.2 Å². The summed E-state index contributed by atoms with van der Waals surface area (Å²) in [4.78, 5) is 18.3. The lowest BCUT2D eigenvalue weighted by atomic mass is 9.75. The maximum atomic E-state index is 10.8. The monoisotopic (exact) mass is 714 g/mol. The third-order valence-electron chi connectivity index (χ3n) is 12.0. The number of allylic oxidation sites excluding steroid dienone is 2. The van der Waals surface area contributed by atoms with E-state index in [0.29, 0.717) is 0 Å². The highest BCUT2D eigenvalue weighted by Gasteiger charge is 2.48. The highest BCUT2D eigenvalue weighted by molar-refractivity contribution is 5.93. The number of aromatic nitrogens is 4. The number of aryl methyl sites for hydroxylation is 4. The van der Waals surface area contributed by atoms with Crippen LogP contribution in [0.1, 0.15) is 132 Å². The van der Waals surface area contributed by atoms with Gasteiger partial charge in [-0.3, -0.25) is 4.98 Å². The predicted octanol–water partition coefficient (Wildman–Crippen LogP) is 6.91. The lowest BCUT2D eigenvalue weighted by molar-refractivity contribution is -0.291. The minimum absolute atomic E-state index is 0.120. The van der Waals surface area contributed by atoms with Crippen LogP contribution >= 0.6 is 0 Å². The summed E-state index contributed by atoms with van der Waals surface area (Å²) >= 11 is 0. The van der Waals surface area contributed by atoms with Gasteiger partial charge in [0, 0.05) is 27.5 Å². The smallest absolute Gasteiger partial charge is 0.184 e. The number of H-pyrrole nitrogens is 2. The van der Waals surface area contributed by atoms with Crippen LogP contribution in [0.4, 0.5) is 0 Å². The molecule has 6 N–H and O–H groups in total. The molecule has 2 unspecified atom stereocenters. The van der Waals surface area contributed by atoms with E-state index in [4.69, 9.17) is 19.4 Å². The fraction of sp³-hybridized carbons (Fsp3) is 0.571. The normalized spacial score (nSPS) is 24.5. The molecule has 6 heterocycles. The van der Waals surface area contributed by atoms with Gasteiger partial charge < -0.3 is 39.9 Å². The van der Waals surface area contributed by atoms with Gasteiger partial charge in [-0.2, -0.15) is 0 Å². The number of hydrogen-bond acceptors (Lipinski definition) is 8. The first kappa shape index (κ1) is 38.3. The molecule has 10 nitrogen and oxygen atoms in total. The van der Waals surface area contributed by atoms with Crippen molar-refractivity contribution in [2.75, 3.05) is 6.61 Å². The zero-order valence-electron chi connectivity index (χ0n) is 32.1. The van der Waals surface area contributed by atoms with E-state index in [1.54, 1.807) is 0 Å². The first-order valence-electron chi connectivity index (χ1n) is 19.5. The number of hydrogen-bond donors (Lipinski definition) is 6. The molecule has 0 radical (unpaired) electrons. The van der Waals surface area contributed by atoms with Gasteiger partial charge in [-0.05, 0) is 109 Å². The van der Waals surface area contributed by atoms with Crippen molar-refractivity contribution in [1.29, 1.82) is 0 Å². The zero-order valence-corrected chi connectivity index (χ0v) is 32.1. The largest absolute Gasteiger partial charge is 0.387 e. The Morgan fingerprint density at radius 3 is 1.56 bits per heavy atom. The van der Waals surface area contributed by atoms with Crippen LogP contribution in [0, 0.1) is 0 Å². The molecule has 1 fully saturated rings. The SMILES string of the molecule is CCC1=C(CC)c2cc3[nH]c(cc4nc(cc5[nH]c(cc1n2)c(CC)c5CC)C(OC[C@H]1OC(O)[C@H](O)[C@@H](O)[C@@H]1O)C4(CC)CC)c(CC)c3CC. The van der Waals surface area contributed by atoms with E-state index in [2.05, 4.69) is 89.6 Å². The number of aliphatic hydroxyl groups excluding tert-OH is 4. The molecule has 6 atom stereocenters. The highest BCUT2D eigenvalue weighted by Crippen LogP contribution is 2.49. The predicted molar refractivity (Wildman–Crippen MR) is 206 cm³/mol. The summed E-state index contributed by atoms with van der Waals surface area (Å²) in [5.74, 6) is 0. The number of rotatable bonds is 11. The van der Waals surface area contributed by atoms with E-state index < -0.39 is 42.2 Å². The molecule has 8 bridgehead atoms. The first-order chi connectivity index (χ1) is 25.0. The van der Waals surface area contributed by atoms with Crippen molar-refractivity contribution in [1.82, 2.24) is 19.9 Å². The second-order valence-electron chi connectivity index (χ2n) is 14.4. The Hall–Kier alpha value is -3.38. The summed E-state index contributed by atoms with van der Waals surface area (Å²) in [6.07, 6.45) is -1.19. The molecule has 1 saturated heterocycles. The average Bonchev–Trinajstić information content (AvgIpc) is 3.85.